The van der Waals surface area contributed by atoms with Crippen LogP contribution in [-0.2, 0) is 15.0 Å². The number of amides is 1. The van der Waals surface area contributed by atoms with Crippen molar-refractivity contribution < 1.29 is 22.7 Å². The van der Waals surface area contributed by atoms with Crippen LogP contribution in [0.3, 0.4) is 0 Å². The van der Waals surface area contributed by atoms with Crippen molar-refractivity contribution in [2.24, 2.45) is 5.92 Å². The molecular formula is C18H29N3O5S. The number of methoxy groups -OCH3 is 2. The summed E-state index contributed by atoms with van der Waals surface area (Å²) in [6.45, 7) is 2.61. The first kappa shape index (κ1) is 21.5. The summed E-state index contributed by atoms with van der Waals surface area (Å²) in [6, 6.07) is 5.34. The largest absolute Gasteiger partial charge is 0.493 e. The van der Waals surface area contributed by atoms with E-state index in [-0.39, 0.29) is 17.9 Å². The molecule has 1 aliphatic rings. The molecule has 8 nitrogen and oxygen atoms in total. The van der Waals surface area contributed by atoms with Gasteiger partial charge in [0.2, 0.25) is 5.91 Å². The average Bonchev–Trinajstić information content (AvgIpc) is 2.67. The predicted molar refractivity (Wildman–Crippen MR) is 103 cm³/mol. The van der Waals surface area contributed by atoms with E-state index in [1.54, 1.807) is 20.3 Å². The van der Waals surface area contributed by atoms with E-state index in [2.05, 4.69) is 5.32 Å². The highest BCUT2D eigenvalue weighted by atomic mass is 32.2. The van der Waals surface area contributed by atoms with Crippen LogP contribution in [0.5, 0.6) is 11.5 Å². The van der Waals surface area contributed by atoms with Crippen LogP contribution in [0.25, 0.3) is 0 Å². The second-order valence-electron chi connectivity index (χ2n) is 6.81. The Morgan fingerprint density at radius 2 is 1.78 bits per heavy atom. The lowest BCUT2D eigenvalue weighted by Crippen LogP contribution is -2.47. The maximum atomic E-state index is 12.6. The zero-order chi connectivity index (χ0) is 20.2. The summed E-state index contributed by atoms with van der Waals surface area (Å²) in [5.74, 6) is 0.993. The third-order valence-electron chi connectivity index (χ3n) is 4.88. The molecule has 1 unspecified atom stereocenters. The first-order chi connectivity index (χ1) is 12.7. The van der Waals surface area contributed by atoms with Crippen molar-refractivity contribution in [3.63, 3.8) is 0 Å². The van der Waals surface area contributed by atoms with Crippen LogP contribution in [0.2, 0.25) is 0 Å². The highest BCUT2D eigenvalue weighted by Gasteiger charge is 2.32. The lowest BCUT2D eigenvalue weighted by molar-refractivity contribution is -0.126. The average molecular weight is 400 g/mol. The summed E-state index contributed by atoms with van der Waals surface area (Å²) in [5, 5.41) is 3.02. The van der Waals surface area contributed by atoms with Crippen molar-refractivity contribution in [2.75, 3.05) is 41.4 Å². The van der Waals surface area contributed by atoms with Crippen LogP contribution in [0.15, 0.2) is 18.2 Å². The summed E-state index contributed by atoms with van der Waals surface area (Å²) >= 11 is 0. The van der Waals surface area contributed by atoms with E-state index < -0.39 is 10.2 Å². The molecule has 1 fully saturated rings. The Kier molecular flexibility index (Phi) is 7.07. The number of piperidine rings is 1. The lowest BCUT2D eigenvalue weighted by atomic mass is 9.96. The number of hydrogen-bond acceptors (Lipinski definition) is 5. The molecule has 1 aliphatic heterocycles. The standard InChI is InChI=1S/C18H29N3O5S/c1-13(15-6-7-16(25-4)17(12-15)26-5)19-18(22)14-8-10-21(11-9-14)27(23,24)20(2)3/h6-7,12-14H,8-11H2,1-5H3,(H,19,22). The lowest BCUT2D eigenvalue weighted by Gasteiger charge is -2.32. The van der Waals surface area contributed by atoms with Crippen LogP contribution in [0.1, 0.15) is 31.4 Å². The summed E-state index contributed by atoms with van der Waals surface area (Å²) in [4.78, 5) is 12.6. The molecule has 0 radical (unpaired) electrons. The van der Waals surface area contributed by atoms with E-state index in [1.807, 2.05) is 19.1 Å². The van der Waals surface area contributed by atoms with Crippen molar-refractivity contribution in [3.05, 3.63) is 23.8 Å². The molecule has 0 bridgehead atoms. The Hall–Kier alpha value is -1.84. The van der Waals surface area contributed by atoms with Crippen LogP contribution in [0.4, 0.5) is 0 Å². The molecule has 9 heteroatoms. The number of benzene rings is 1. The van der Waals surface area contributed by atoms with Gasteiger partial charge in [0.25, 0.3) is 10.2 Å². The van der Waals surface area contributed by atoms with Crippen molar-refractivity contribution in [1.29, 1.82) is 0 Å². The molecule has 27 heavy (non-hydrogen) atoms. The van der Waals surface area contributed by atoms with Crippen molar-refractivity contribution in [3.8, 4) is 11.5 Å². The summed E-state index contributed by atoms with van der Waals surface area (Å²) in [7, 11) is 2.75. The molecule has 0 saturated carbocycles. The summed E-state index contributed by atoms with van der Waals surface area (Å²) in [6.07, 6.45) is 1.02. The van der Waals surface area contributed by atoms with E-state index in [1.165, 1.54) is 22.7 Å². The molecule has 0 aliphatic carbocycles. The third-order valence-corrected chi connectivity index (χ3v) is 6.82. The van der Waals surface area contributed by atoms with Crippen LogP contribution < -0.4 is 14.8 Å². The van der Waals surface area contributed by atoms with Gasteiger partial charge in [-0.15, -0.1) is 0 Å². The van der Waals surface area contributed by atoms with Gasteiger partial charge in [0, 0.05) is 33.1 Å². The maximum Gasteiger partial charge on any atom is 0.281 e. The van der Waals surface area contributed by atoms with Crippen LogP contribution in [-0.4, -0.2) is 64.3 Å². The van der Waals surface area contributed by atoms with Gasteiger partial charge in [0.15, 0.2) is 11.5 Å². The topological polar surface area (TPSA) is 88.2 Å². The fourth-order valence-electron chi connectivity index (χ4n) is 3.12. The summed E-state index contributed by atoms with van der Waals surface area (Å²) < 4.78 is 37.5. The number of hydrogen-bond donors (Lipinski definition) is 1. The first-order valence-corrected chi connectivity index (χ1v) is 10.3. The monoisotopic (exact) mass is 399 g/mol. The molecule has 1 N–H and O–H groups in total. The van der Waals surface area contributed by atoms with Gasteiger partial charge < -0.3 is 14.8 Å². The quantitative estimate of drug-likeness (QED) is 0.749. The number of carbonyl (C=O) groups excluding carboxylic acids is 1. The Balaban J connectivity index is 1.96. The van der Waals surface area contributed by atoms with E-state index in [0.29, 0.717) is 37.4 Å². The number of carbonyl (C=O) groups is 1. The molecule has 2 rings (SSSR count). The van der Waals surface area contributed by atoms with Crippen molar-refractivity contribution in [2.45, 2.75) is 25.8 Å². The van der Waals surface area contributed by atoms with Gasteiger partial charge in [-0.05, 0) is 37.5 Å². The Bertz CT molecular complexity index is 758. The molecule has 0 aromatic heterocycles. The normalized spacial score (nSPS) is 17.6. The predicted octanol–water partition coefficient (Wildman–Crippen LogP) is 1.40. The second kappa shape index (κ2) is 8.90. The minimum atomic E-state index is -3.42. The zero-order valence-electron chi connectivity index (χ0n) is 16.6. The van der Waals surface area contributed by atoms with Crippen molar-refractivity contribution >= 4 is 16.1 Å². The second-order valence-corrected chi connectivity index (χ2v) is 8.95. The van der Waals surface area contributed by atoms with Gasteiger partial charge in [0.05, 0.1) is 20.3 Å². The minimum absolute atomic E-state index is 0.0563. The summed E-state index contributed by atoms with van der Waals surface area (Å²) in [5.41, 5.74) is 0.911. The highest BCUT2D eigenvalue weighted by Crippen LogP contribution is 2.30. The number of nitrogens with zero attached hydrogens (tertiary/aromatic N) is 2. The number of nitrogens with one attached hydrogen (secondary N) is 1. The SMILES string of the molecule is COc1ccc(C(C)NC(=O)C2CCN(S(=O)(=O)N(C)C)CC2)cc1OC. The molecule has 0 spiro atoms. The van der Waals surface area contributed by atoms with E-state index in [0.717, 1.165) is 5.56 Å². The van der Waals surface area contributed by atoms with E-state index in [4.69, 9.17) is 9.47 Å². The molecule has 1 heterocycles. The van der Waals surface area contributed by atoms with Crippen LogP contribution >= 0.6 is 0 Å². The number of rotatable bonds is 7. The Labute approximate surface area is 161 Å². The molecule has 1 amide bonds. The zero-order valence-corrected chi connectivity index (χ0v) is 17.4. The fraction of sp³-hybridized carbons (Fsp3) is 0.611. The van der Waals surface area contributed by atoms with Crippen molar-refractivity contribution in [1.82, 2.24) is 13.9 Å². The molecular weight excluding hydrogens is 370 g/mol. The van der Waals surface area contributed by atoms with Gasteiger partial charge in [-0.25, -0.2) is 0 Å². The maximum absolute atomic E-state index is 12.6. The fourth-order valence-corrected chi connectivity index (χ4v) is 4.25. The third kappa shape index (κ3) is 4.91. The van der Waals surface area contributed by atoms with Crippen LogP contribution in [0, 0.1) is 5.92 Å². The number of ether oxygens (including phenoxy) is 2. The van der Waals surface area contributed by atoms with Gasteiger partial charge in [-0.3, -0.25) is 4.79 Å². The highest BCUT2D eigenvalue weighted by molar-refractivity contribution is 7.86. The molecule has 1 aromatic rings. The van der Waals surface area contributed by atoms with E-state index in [9.17, 15) is 13.2 Å². The van der Waals surface area contributed by atoms with Gasteiger partial charge >= 0.3 is 0 Å². The molecule has 1 saturated heterocycles. The molecule has 152 valence electrons. The molecule has 1 atom stereocenters. The van der Waals surface area contributed by atoms with Gasteiger partial charge in [0.1, 0.15) is 0 Å². The Morgan fingerprint density at radius 3 is 2.30 bits per heavy atom. The van der Waals surface area contributed by atoms with Gasteiger partial charge in [-0.2, -0.15) is 17.0 Å². The van der Waals surface area contributed by atoms with Gasteiger partial charge in [-0.1, -0.05) is 6.07 Å². The van der Waals surface area contributed by atoms with E-state index >= 15 is 0 Å². The Morgan fingerprint density at radius 1 is 1.19 bits per heavy atom. The smallest absolute Gasteiger partial charge is 0.281 e. The molecule has 1 aromatic carbocycles. The first-order valence-electron chi connectivity index (χ1n) is 8.90. The minimum Gasteiger partial charge on any atom is -0.493 e.